The van der Waals surface area contributed by atoms with E-state index in [0.29, 0.717) is 0 Å². The molecule has 0 N–H and O–H groups in total. The van der Waals surface area contributed by atoms with Crippen molar-refractivity contribution in [2.24, 2.45) is 23.7 Å². The van der Waals surface area contributed by atoms with E-state index >= 15 is 0 Å². The summed E-state index contributed by atoms with van der Waals surface area (Å²) < 4.78 is 5.47. The molecule has 0 aromatic carbocycles. The van der Waals surface area contributed by atoms with Crippen LogP contribution in [-0.4, -0.2) is 13.2 Å². The van der Waals surface area contributed by atoms with E-state index in [2.05, 4.69) is 12.3 Å². The quantitative estimate of drug-likeness (QED) is 0.658. The summed E-state index contributed by atoms with van der Waals surface area (Å²) in [6.07, 6.45) is 8.30. The molecular weight excluding hydrogens is 196 g/mol. The zero-order valence-electron chi connectivity index (χ0n) is 10.1. The predicted molar refractivity (Wildman–Crippen MR) is 65.1 cm³/mol. The van der Waals surface area contributed by atoms with Crippen molar-refractivity contribution in [1.29, 1.82) is 0 Å². The van der Waals surface area contributed by atoms with Gasteiger partial charge in [0.25, 0.3) is 0 Å². The maximum atomic E-state index is 5.47. The van der Waals surface area contributed by atoms with E-state index in [1.54, 1.807) is 0 Å². The van der Waals surface area contributed by atoms with Crippen LogP contribution < -0.4 is 0 Å². The Hall–Kier alpha value is -0.520. The molecule has 0 aromatic rings. The van der Waals surface area contributed by atoms with Crippen LogP contribution in [0.5, 0.6) is 0 Å². The maximum Gasteiger partial charge on any atom is 0.0498 e. The Labute approximate surface area is 98.6 Å². The largest absolute Gasteiger partial charge is 0.381 e. The van der Waals surface area contributed by atoms with Gasteiger partial charge in [0.1, 0.15) is 0 Å². The van der Waals surface area contributed by atoms with Gasteiger partial charge >= 0.3 is 0 Å². The normalized spacial score (nSPS) is 41.2. The minimum atomic E-state index is 0.755. The molecule has 0 radical (unpaired) electrons. The number of hydrogen-bond donors (Lipinski definition) is 0. The predicted octanol–water partition coefficient (Wildman–Crippen LogP) is 3.56. The Balaban J connectivity index is 1.65. The lowest BCUT2D eigenvalue weighted by Gasteiger charge is -2.50. The number of hydrogen-bond acceptors (Lipinski definition) is 1. The highest BCUT2D eigenvalue weighted by Crippen LogP contribution is 2.54. The molecule has 3 atom stereocenters. The maximum absolute atomic E-state index is 5.47. The van der Waals surface area contributed by atoms with E-state index in [-0.39, 0.29) is 0 Å². The number of rotatable bonds is 3. The van der Waals surface area contributed by atoms with Gasteiger partial charge in [-0.25, -0.2) is 0 Å². The van der Waals surface area contributed by atoms with Crippen molar-refractivity contribution in [3.63, 3.8) is 0 Å². The van der Waals surface area contributed by atoms with Crippen molar-refractivity contribution in [1.82, 2.24) is 0 Å². The van der Waals surface area contributed by atoms with Crippen LogP contribution in [0.15, 0.2) is 17.9 Å². The Morgan fingerprint density at radius 3 is 2.62 bits per heavy atom. The summed E-state index contributed by atoms with van der Waals surface area (Å²) in [5.41, 5.74) is 4.81. The molecule has 3 aliphatic rings. The molecule has 3 rings (SSSR count). The zero-order valence-corrected chi connectivity index (χ0v) is 10.1. The Kier molecular flexibility index (Phi) is 2.91. The summed E-state index contributed by atoms with van der Waals surface area (Å²) in [7, 11) is 0. The second-order valence-electron chi connectivity index (χ2n) is 5.85. The lowest BCUT2D eigenvalue weighted by Crippen LogP contribution is -2.41. The number of fused-ring (bicyclic) bond motifs is 2. The SMILES string of the molecule is C=C=C(CC1CCOC1)C1C2CCCC1C2. The van der Waals surface area contributed by atoms with Gasteiger partial charge in [-0.05, 0) is 61.3 Å². The fraction of sp³-hybridized carbons (Fsp3) is 0.800. The Morgan fingerprint density at radius 2 is 2.06 bits per heavy atom. The first-order chi connectivity index (χ1) is 7.88. The van der Waals surface area contributed by atoms with Crippen molar-refractivity contribution >= 4 is 0 Å². The van der Waals surface area contributed by atoms with Crippen LogP contribution in [0.2, 0.25) is 0 Å². The van der Waals surface area contributed by atoms with Crippen LogP contribution in [0.4, 0.5) is 0 Å². The molecule has 1 aliphatic heterocycles. The lowest BCUT2D eigenvalue weighted by molar-refractivity contribution is 0.0372. The summed E-state index contributed by atoms with van der Waals surface area (Å²) in [4.78, 5) is 0. The fourth-order valence-corrected chi connectivity index (χ4v) is 4.06. The van der Waals surface area contributed by atoms with E-state index in [4.69, 9.17) is 4.74 Å². The fourth-order valence-electron chi connectivity index (χ4n) is 4.06. The summed E-state index contributed by atoms with van der Waals surface area (Å²) in [6, 6.07) is 0. The van der Waals surface area contributed by atoms with Crippen molar-refractivity contribution < 1.29 is 4.74 Å². The van der Waals surface area contributed by atoms with E-state index in [0.717, 1.165) is 36.9 Å². The Morgan fingerprint density at radius 1 is 1.25 bits per heavy atom. The third-order valence-corrected chi connectivity index (χ3v) is 4.93. The first-order valence-corrected chi connectivity index (χ1v) is 6.85. The molecule has 2 bridgehead atoms. The third kappa shape index (κ3) is 1.77. The van der Waals surface area contributed by atoms with Gasteiger partial charge in [0.15, 0.2) is 0 Å². The molecule has 1 heteroatoms. The molecule has 0 spiro atoms. The molecular formula is C15H22O. The van der Waals surface area contributed by atoms with E-state index in [1.807, 2.05) is 0 Å². The molecule has 0 aromatic heterocycles. The number of allylic oxidation sites excluding steroid dienone is 1. The van der Waals surface area contributed by atoms with Gasteiger partial charge in [-0.15, -0.1) is 5.73 Å². The standard InChI is InChI=1S/C15H22O/c1-2-12(8-11-6-7-16-10-11)15-13-4-3-5-14(15)9-13/h11,13-15H,1,3-10H2. The van der Waals surface area contributed by atoms with Gasteiger partial charge in [-0.1, -0.05) is 13.0 Å². The minimum Gasteiger partial charge on any atom is -0.381 e. The molecule has 0 amide bonds. The average molecular weight is 218 g/mol. The smallest absolute Gasteiger partial charge is 0.0498 e. The van der Waals surface area contributed by atoms with Crippen LogP contribution in [0.1, 0.15) is 38.5 Å². The van der Waals surface area contributed by atoms with Crippen molar-refractivity contribution in [3.05, 3.63) is 17.9 Å². The molecule has 16 heavy (non-hydrogen) atoms. The second-order valence-corrected chi connectivity index (χ2v) is 5.85. The first kappa shape index (κ1) is 10.6. The van der Waals surface area contributed by atoms with Crippen LogP contribution in [0, 0.1) is 23.7 Å². The van der Waals surface area contributed by atoms with Crippen LogP contribution in [-0.2, 0) is 4.74 Å². The number of ether oxygens (including phenoxy) is 1. The molecule has 3 fully saturated rings. The van der Waals surface area contributed by atoms with Crippen molar-refractivity contribution in [3.8, 4) is 0 Å². The first-order valence-electron chi connectivity index (χ1n) is 6.85. The molecule has 1 saturated heterocycles. The molecule has 2 aliphatic carbocycles. The highest BCUT2D eigenvalue weighted by Gasteiger charge is 2.45. The molecule has 1 heterocycles. The second kappa shape index (κ2) is 4.39. The highest BCUT2D eigenvalue weighted by atomic mass is 16.5. The van der Waals surface area contributed by atoms with E-state index < -0.39 is 0 Å². The summed E-state index contributed by atoms with van der Waals surface area (Å²) >= 11 is 0. The van der Waals surface area contributed by atoms with E-state index in [9.17, 15) is 0 Å². The summed E-state index contributed by atoms with van der Waals surface area (Å²) in [5.74, 6) is 3.56. The third-order valence-electron chi connectivity index (χ3n) is 4.93. The summed E-state index contributed by atoms with van der Waals surface area (Å²) in [6.45, 7) is 5.86. The Bertz CT molecular complexity index is 293. The van der Waals surface area contributed by atoms with Gasteiger partial charge in [0, 0.05) is 13.2 Å². The van der Waals surface area contributed by atoms with Crippen molar-refractivity contribution in [2.45, 2.75) is 38.5 Å². The molecule has 88 valence electrons. The molecule has 1 nitrogen and oxygen atoms in total. The minimum absolute atomic E-state index is 0.755. The van der Waals surface area contributed by atoms with Gasteiger partial charge in [0.2, 0.25) is 0 Å². The van der Waals surface area contributed by atoms with Gasteiger partial charge in [0.05, 0.1) is 0 Å². The topological polar surface area (TPSA) is 9.23 Å². The molecule has 3 unspecified atom stereocenters. The van der Waals surface area contributed by atoms with E-state index in [1.165, 1.54) is 44.1 Å². The average Bonchev–Trinajstić information content (AvgIpc) is 2.81. The van der Waals surface area contributed by atoms with Crippen molar-refractivity contribution in [2.75, 3.05) is 13.2 Å². The lowest BCUT2D eigenvalue weighted by atomic mass is 9.54. The van der Waals surface area contributed by atoms with Gasteiger partial charge in [-0.3, -0.25) is 0 Å². The van der Waals surface area contributed by atoms with Gasteiger partial charge < -0.3 is 4.74 Å². The van der Waals surface area contributed by atoms with Crippen LogP contribution in [0.25, 0.3) is 0 Å². The van der Waals surface area contributed by atoms with Crippen LogP contribution >= 0.6 is 0 Å². The molecule has 2 saturated carbocycles. The monoisotopic (exact) mass is 218 g/mol. The van der Waals surface area contributed by atoms with Crippen LogP contribution in [0.3, 0.4) is 0 Å². The zero-order chi connectivity index (χ0) is 11.0. The summed E-state index contributed by atoms with van der Waals surface area (Å²) in [5, 5.41) is 0. The highest BCUT2D eigenvalue weighted by molar-refractivity contribution is 5.15. The van der Waals surface area contributed by atoms with Gasteiger partial charge in [-0.2, -0.15) is 0 Å².